The molecule has 0 aliphatic carbocycles. The highest BCUT2D eigenvalue weighted by Crippen LogP contribution is 2.17. The van der Waals surface area contributed by atoms with E-state index in [1.54, 1.807) is 6.92 Å². The van der Waals surface area contributed by atoms with Gasteiger partial charge in [0.1, 0.15) is 0 Å². The van der Waals surface area contributed by atoms with E-state index >= 15 is 0 Å². The number of ether oxygens (including phenoxy) is 1. The molecule has 0 saturated carbocycles. The number of halogens is 2. The zero-order valence-electron chi connectivity index (χ0n) is 14.5. The maximum Gasteiger partial charge on any atom is 0.236 e. The van der Waals surface area contributed by atoms with E-state index in [1.807, 2.05) is 12.1 Å². The van der Waals surface area contributed by atoms with Gasteiger partial charge in [-0.15, -0.1) is 24.8 Å². The molecule has 3 N–H and O–H groups in total. The fourth-order valence-electron chi connectivity index (χ4n) is 2.88. The lowest BCUT2D eigenvalue weighted by Crippen LogP contribution is -2.45. The van der Waals surface area contributed by atoms with Crippen molar-refractivity contribution in [2.75, 3.05) is 13.1 Å². The van der Waals surface area contributed by atoms with Crippen molar-refractivity contribution in [3.63, 3.8) is 0 Å². The quantitative estimate of drug-likeness (QED) is 0.824. The lowest BCUT2D eigenvalue weighted by molar-refractivity contribution is -0.122. The fraction of sp³-hybridized carbons (Fsp3) is 0.588. The molecule has 1 fully saturated rings. The summed E-state index contributed by atoms with van der Waals surface area (Å²) < 4.78 is 5.78. The minimum Gasteiger partial charge on any atom is -0.373 e. The number of nitrogens with two attached hydrogens (primary N) is 1. The van der Waals surface area contributed by atoms with Gasteiger partial charge in [0.25, 0.3) is 0 Å². The highest BCUT2D eigenvalue weighted by atomic mass is 35.5. The van der Waals surface area contributed by atoms with E-state index in [0.29, 0.717) is 6.54 Å². The Bertz CT molecular complexity index is 504. The second-order valence-corrected chi connectivity index (χ2v) is 6.23. The second kappa shape index (κ2) is 10.9. The predicted molar refractivity (Wildman–Crippen MR) is 102 cm³/mol. The standard InChI is InChI=1S/C17H27N3O2.2ClH/c1-12-9-20(10-13(2)22-12)11-16-7-5-4-6-15(16)8-19-17(21)14(3)18;;/h4-7,12-14H,8-11,18H2,1-3H3,(H,19,21);2*1H/t12?,13?,14-;;/m1../s1. The summed E-state index contributed by atoms with van der Waals surface area (Å²) in [6.45, 7) is 9.18. The van der Waals surface area contributed by atoms with Crippen molar-refractivity contribution >= 4 is 30.7 Å². The summed E-state index contributed by atoms with van der Waals surface area (Å²) in [6.07, 6.45) is 0.516. The molecule has 0 aromatic heterocycles. The monoisotopic (exact) mass is 377 g/mol. The maximum atomic E-state index is 11.6. The molecule has 0 bridgehead atoms. The van der Waals surface area contributed by atoms with Gasteiger partial charge in [-0.05, 0) is 31.9 Å². The molecule has 138 valence electrons. The third-order valence-corrected chi connectivity index (χ3v) is 3.87. The Balaban J connectivity index is 0.00000264. The molecule has 1 aliphatic heterocycles. The average molecular weight is 378 g/mol. The molecule has 1 aromatic carbocycles. The van der Waals surface area contributed by atoms with Crippen LogP contribution in [-0.2, 0) is 22.6 Å². The van der Waals surface area contributed by atoms with Gasteiger partial charge in [0.2, 0.25) is 5.91 Å². The van der Waals surface area contributed by atoms with Crippen molar-refractivity contribution in [2.24, 2.45) is 5.73 Å². The number of carbonyl (C=O) groups is 1. The Kier molecular flexibility index (Phi) is 10.5. The van der Waals surface area contributed by atoms with E-state index in [-0.39, 0.29) is 42.9 Å². The molecule has 24 heavy (non-hydrogen) atoms. The van der Waals surface area contributed by atoms with Crippen LogP contribution in [0.25, 0.3) is 0 Å². The molecule has 1 heterocycles. The molecule has 2 unspecified atom stereocenters. The van der Waals surface area contributed by atoms with Gasteiger partial charge < -0.3 is 15.8 Å². The van der Waals surface area contributed by atoms with Gasteiger partial charge in [0.15, 0.2) is 0 Å². The molecule has 7 heteroatoms. The van der Waals surface area contributed by atoms with Crippen LogP contribution in [0.3, 0.4) is 0 Å². The number of nitrogens with zero attached hydrogens (tertiary/aromatic N) is 1. The van der Waals surface area contributed by atoms with Crippen molar-refractivity contribution in [1.29, 1.82) is 0 Å². The summed E-state index contributed by atoms with van der Waals surface area (Å²) in [5.74, 6) is -0.122. The van der Waals surface area contributed by atoms with Crippen LogP contribution < -0.4 is 11.1 Å². The van der Waals surface area contributed by atoms with E-state index in [9.17, 15) is 4.79 Å². The number of hydrogen-bond donors (Lipinski definition) is 2. The van der Waals surface area contributed by atoms with Gasteiger partial charge in [-0.25, -0.2) is 0 Å². The number of hydrogen-bond acceptors (Lipinski definition) is 4. The zero-order valence-corrected chi connectivity index (χ0v) is 16.2. The molecule has 1 aromatic rings. The molecule has 0 radical (unpaired) electrons. The number of carbonyl (C=O) groups excluding carboxylic acids is 1. The first-order valence-electron chi connectivity index (χ1n) is 7.93. The Labute approximate surface area is 157 Å². The number of benzene rings is 1. The lowest BCUT2D eigenvalue weighted by atomic mass is 10.1. The van der Waals surface area contributed by atoms with E-state index in [2.05, 4.69) is 36.2 Å². The topological polar surface area (TPSA) is 67.6 Å². The summed E-state index contributed by atoms with van der Waals surface area (Å²) in [5.41, 5.74) is 7.97. The number of morpholine rings is 1. The minimum absolute atomic E-state index is 0. The van der Waals surface area contributed by atoms with Crippen molar-refractivity contribution < 1.29 is 9.53 Å². The van der Waals surface area contributed by atoms with E-state index in [0.717, 1.165) is 25.2 Å². The molecule has 5 nitrogen and oxygen atoms in total. The first-order chi connectivity index (χ1) is 10.5. The van der Waals surface area contributed by atoms with Crippen LogP contribution in [0.1, 0.15) is 31.9 Å². The third-order valence-electron chi connectivity index (χ3n) is 3.87. The van der Waals surface area contributed by atoms with Crippen molar-refractivity contribution in [2.45, 2.75) is 52.1 Å². The normalized spacial score (nSPS) is 22.0. The van der Waals surface area contributed by atoms with Gasteiger partial charge in [0.05, 0.1) is 18.2 Å². The van der Waals surface area contributed by atoms with Crippen molar-refractivity contribution in [1.82, 2.24) is 10.2 Å². The first-order valence-corrected chi connectivity index (χ1v) is 7.93. The molecular formula is C17H29Cl2N3O2. The zero-order chi connectivity index (χ0) is 16.1. The highest BCUT2D eigenvalue weighted by molar-refractivity contribution is 5.85. The largest absolute Gasteiger partial charge is 0.373 e. The molecular weight excluding hydrogens is 349 g/mol. The van der Waals surface area contributed by atoms with Gasteiger partial charge in [-0.2, -0.15) is 0 Å². The highest BCUT2D eigenvalue weighted by Gasteiger charge is 2.22. The van der Waals surface area contributed by atoms with E-state index < -0.39 is 6.04 Å². The smallest absolute Gasteiger partial charge is 0.236 e. The molecule has 1 saturated heterocycles. The van der Waals surface area contributed by atoms with Crippen LogP contribution in [-0.4, -0.2) is 42.1 Å². The average Bonchev–Trinajstić information content (AvgIpc) is 2.44. The minimum atomic E-state index is -0.479. The van der Waals surface area contributed by atoms with Gasteiger partial charge in [-0.1, -0.05) is 24.3 Å². The van der Waals surface area contributed by atoms with Crippen LogP contribution in [0, 0.1) is 0 Å². The van der Waals surface area contributed by atoms with Gasteiger partial charge in [-0.3, -0.25) is 9.69 Å². The molecule has 2 rings (SSSR count). The van der Waals surface area contributed by atoms with Crippen molar-refractivity contribution in [3.05, 3.63) is 35.4 Å². The number of amides is 1. The number of nitrogens with one attached hydrogen (secondary N) is 1. The van der Waals surface area contributed by atoms with E-state index in [1.165, 1.54) is 5.56 Å². The maximum absolute atomic E-state index is 11.6. The van der Waals surface area contributed by atoms with Gasteiger partial charge in [0, 0.05) is 26.2 Å². The van der Waals surface area contributed by atoms with Crippen LogP contribution in [0.4, 0.5) is 0 Å². The predicted octanol–water partition coefficient (Wildman–Crippen LogP) is 2.10. The molecule has 0 spiro atoms. The number of rotatable bonds is 5. The summed E-state index contributed by atoms with van der Waals surface area (Å²) in [5, 5.41) is 2.89. The third kappa shape index (κ3) is 6.95. The summed E-state index contributed by atoms with van der Waals surface area (Å²) in [4.78, 5) is 14.0. The van der Waals surface area contributed by atoms with Crippen LogP contribution in [0.2, 0.25) is 0 Å². The summed E-state index contributed by atoms with van der Waals surface area (Å²) in [7, 11) is 0. The van der Waals surface area contributed by atoms with Gasteiger partial charge >= 0.3 is 0 Å². The molecule has 1 amide bonds. The van der Waals surface area contributed by atoms with Crippen molar-refractivity contribution in [3.8, 4) is 0 Å². The summed E-state index contributed by atoms with van der Waals surface area (Å²) >= 11 is 0. The Morgan fingerprint density at radius 1 is 1.25 bits per heavy atom. The fourth-order valence-corrected chi connectivity index (χ4v) is 2.88. The van der Waals surface area contributed by atoms with Crippen LogP contribution >= 0.6 is 24.8 Å². The first kappa shape index (κ1) is 23.1. The summed E-state index contributed by atoms with van der Waals surface area (Å²) in [6, 6.07) is 7.75. The lowest BCUT2D eigenvalue weighted by Gasteiger charge is -2.35. The SMILES string of the molecule is CC1CN(Cc2ccccc2CNC(=O)[C@@H](C)N)CC(C)O1.Cl.Cl. The Hall–Kier alpha value is -0.850. The Morgan fingerprint density at radius 2 is 1.79 bits per heavy atom. The van der Waals surface area contributed by atoms with Crippen LogP contribution in [0.15, 0.2) is 24.3 Å². The Morgan fingerprint density at radius 3 is 2.33 bits per heavy atom. The van der Waals surface area contributed by atoms with E-state index in [4.69, 9.17) is 10.5 Å². The molecule has 1 aliphatic rings. The van der Waals surface area contributed by atoms with Crippen LogP contribution in [0.5, 0.6) is 0 Å². The molecule has 3 atom stereocenters. The second-order valence-electron chi connectivity index (χ2n) is 6.23.